The van der Waals surface area contributed by atoms with Gasteiger partial charge in [0, 0.05) is 41.0 Å². The van der Waals surface area contributed by atoms with Crippen molar-refractivity contribution in [1.29, 1.82) is 0 Å². The molecular formula is C28H29FN4O3S. The number of piperidine rings is 1. The SMILES string of the molecule is Cc1[nH]c2ccc(C(=O)C(=O)NC3=NC(C)CS3)cc2c1C(=O)N1CCC(Cc2ccc(F)cc2)CC1. The van der Waals surface area contributed by atoms with Crippen molar-refractivity contribution in [3.8, 4) is 0 Å². The number of hydrogen-bond donors (Lipinski definition) is 2. The summed E-state index contributed by atoms with van der Waals surface area (Å²) in [6.45, 7) is 5.06. The Labute approximate surface area is 218 Å². The highest BCUT2D eigenvalue weighted by Crippen LogP contribution is 2.28. The van der Waals surface area contributed by atoms with Gasteiger partial charge in [-0.15, -0.1) is 0 Å². The molecule has 1 unspecified atom stereocenters. The number of thioether (sulfide) groups is 1. The van der Waals surface area contributed by atoms with Gasteiger partial charge in [-0.05, 0) is 74.9 Å². The van der Waals surface area contributed by atoms with Crippen LogP contribution in [0.15, 0.2) is 47.5 Å². The molecule has 2 aliphatic rings. The number of ketones is 1. The van der Waals surface area contributed by atoms with Gasteiger partial charge in [0.15, 0.2) is 5.17 Å². The number of amidine groups is 1. The fraction of sp³-hybridized carbons (Fsp3) is 0.357. The molecule has 0 spiro atoms. The molecule has 2 aromatic carbocycles. The first-order chi connectivity index (χ1) is 17.8. The van der Waals surface area contributed by atoms with Crippen molar-refractivity contribution in [1.82, 2.24) is 15.2 Å². The molecule has 7 nitrogen and oxygen atoms in total. The van der Waals surface area contributed by atoms with Crippen LogP contribution in [0.5, 0.6) is 0 Å². The van der Waals surface area contributed by atoms with E-state index in [2.05, 4.69) is 15.3 Å². The zero-order valence-electron chi connectivity index (χ0n) is 20.8. The molecule has 3 aromatic rings. The summed E-state index contributed by atoms with van der Waals surface area (Å²) in [5, 5.41) is 3.69. The minimum Gasteiger partial charge on any atom is -0.358 e. The molecule has 0 aliphatic carbocycles. The average molecular weight is 521 g/mol. The topological polar surface area (TPSA) is 94.6 Å². The number of aromatic nitrogens is 1. The van der Waals surface area contributed by atoms with Crippen LogP contribution in [0.4, 0.5) is 4.39 Å². The molecule has 0 bridgehead atoms. The molecule has 5 rings (SSSR count). The lowest BCUT2D eigenvalue weighted by molar-refractivity contribution is -0.115. The van der Waals surface area contributed by atoms with Gasteiger partial charge in [0.2, 0.25) is 0 Å². The quantitative estimate of drug-likeness (QED) is 0.383. The Morgan fingerprint density at radius 3 is 2.54 bits per heavy atom. The summed E-state index contributed by atoms with van der Waals surface area (Å²) in [5.41, 5.74) is 3.34. The number of aliphatic imine (C=N–C) groups is 1. The van der Waals surface area contributed by atoms with Crippen LogP contribution in [-0.4, -0.2) is 57.5 Å². The smallest absolute Gasteiger partial charge is 0.298 e. The third-order valence-electron chi connectivity index (χ3n) is 7.03. The first-order valence-corrected chi connectivity index (χ1v) is 13.5. The third kappa shape index (κ3) is 5.46. The van der Waals surface area contributed by atoms with Gasteiger partial charge < -0.3 is 9.88 Å². The lowest BCUT2D eigenvalue weighted by Crippen LogP contribution is -2.39. The lowest BCUT2D eigenvalue weighted by atomic mass is 9.90. The molecule has 1 atom stereocenters. The molecule has 2 N–H and O–H groups in total. The summed E-state index contributed by atoms with van der Waals surface area (Å²) < 4.78 is 13.2. The van der Waals surface area contributed by atoms with Crippen molar-refractivity contribution in [2.75, 3.05) is 18.8 Å². The molecule has 2 amide bonds. The van der Waals surface area contributed by atoms with Crippen molar-refractivity contribution >= 4 is 45.4 Å². The highest BCUT2D eigenvalue weighted by atomic mass is 32.2. The number of likely N-dealkylation sites (tertiary alicyclic amines) is 1. The lowest BCUT2D eigenvalue weighted by Gasteiger charge is -2.32. The maximum Gasteiger partial charge on any atom is 0.298 e. The Hall–Kier alpha value is -3.46. The number of hydrogen-bond acceptors (Lipinski definition) is 5. The van der Waals surface area contributed by atoms with Crippen LogP contribution in [0.3, 0.4) is 0 Å². The minimum absolute atomic E-state index is 0.0799. The number of Topliss-reactive ketones (excluding diaryl/α,β-unsaturated/α-hetero) is 1. The number of fused-ring (bicyclic) bond motifs is 1. The summed E-state index contributed by atoms with van der Waals surface area (Å²) in [5.74, 6) is -0.504. The van der Waals surface area contributed by atoms with E-state index in [-0.39, 0.29) is 23.3 Å². The molecule has 0 saturated carbocycles. The first kappa shape index (κ1) is 25.2. The second-order valence-corrected chi connectivity index (χ2v) is 10.8. The molecule has 1 fully saturated rings. The molecular weight excluding hydrogens is 491 g/mol. The number of carbonyl (C=O) groups excluding carboxylic acids is 3. The number of rotatable bonds is 5. The van der Waals surface area contributed by atoms with Gasteiger partial charge in [-0.2, -0.15) is 0 Å². The third-order valence-corrected chi connectivity index (χ3v) is 8.16. The van der Waals surface area contributed by atoms with E-state index in [1.54, 1.807) is 18.2 Å². The van der Waals surface area contributed by atoms with Crippen LogP contribution in [-0.2, 0) is 11.2 Å². The van der Waals surface area contributed by atoms with E-state index in [1.807, 2.05) is 30.9 Å². The molecule has 3 heterocycles. The van der Waals surface area contributed by atoms with E-state index in [1.165, 1.54) is 23.9 Å². The Kier molecular flexibility index (Phi) is 7.15. The predicted molar refractivity (Wildman–Crippen MR) is 144 cm³/mol. The van der Waals surface area contributed by atoms with Gasteiger partial charge in [-0.1, -0.05) is 23.9 Å². The van der Waals surface area contributed by atoms with Crippen molar-refractivity contribution in [3.63, 3.8) is 0 Å². The van der Waals surface area contributed by atoms with Gasteiger partial charge in [0.05, 0.1) is 11.6 Å². The van der Waals surface area contributed by atoms with Gasteiger partial charge in [-0.25, -0.2) is 4.39 Å². The summed E-state index contributed by atoms with van der Waals surface area (Å²) in [7, 11) is 0. The van der Waals surface area contributed by atoms with E-state index in [0.29, 0.717) is 35.1 Å². The number of aromatic amines is 1. The predicted octanol–water partition coefficient (Wildman–Crippen LogP) is 4.50. The minimum atomic E-state index is -0.733. The number of benzene rings is 2. The summed E-state index contributed by atoms with van der Waals surface area (Å²) in [4.78, 5) is 48.3. The zero-order chi connectivity index (χ0) is 26.1. The van der Waals surface area contributed by atoms with E-state index in [0.717, 1.165) is 41.8 Å². The number of halogens is 1. The van der Waals surface area contributed by atoms with E-state index in [9.17, 15) is 18.8 Å². The van der Waals surface area contributed by atoms with Crippen molar-refractivity contribution in [2.24, 2.45) is 10.9 Å². The van der Waals surface area contributed by atoms with Crippen LogP contribution >= 0.6 is 11.8 Å². The van der Waals surface area contributed by atoms with Crippen LogP contribution in [0.1, 0.15) is 51.7 Å². The molecule has 192 valence electrons. The number of H-pyrrole nitrogens is 1. The fourth-order valence-electron chi connectivity index (χ4n) is 5.02. The van der Waals surface area contributed by atoms with Gasteiger partial charge >= 0.3 is 0 Å². The van der Waals surface area contributed by atoms with Crippen LogP contribution in [0.25, 0.3) is 10.9 Å². The second kappa shape index (κ2) is 10.5. The van der Waals surface area contributed by atoms with Crippen molar-refractivity contribution in [2.45, 2.75) is 39.2 Å². The number of amides is 2. The van der Waals surface area contributed by atoms with Crippen LogP contribution < -0.4 is 5.32 Å². The zero-order valence-corrected chi connectivity index (χ0v) is 21.7. The molecule has 9 heteroatoms. The Bertz CT molecular complexity index is 1390. The Morgan fingerprint density at radius 1 is 1.14 bits per heavy atom. The largest absolute Gasteiger partial charge is 0.358 e. The molecule has 1 aromatic heterocycles. The first-order valence-electron chi connectivity index (χ1n) is 12.5. The van der Waals surface area contributed by atoms with Crippen molar-refractivity contribution in [3.05, 3.63) is 70.7 Å². The molecule has 2 aliphatic heterocycles. The van der Waals surface area contributed by atoms with Gasteiger partial charge in [-0.3, -0.25) is 24.7 Å². The Morgan fingerprint density at radius 2 is 1.86 bits per heavy atom. The van der Waals surface area contributed by atoms with Gasteiger partial charge in [0.1, 0.15) is 5.82 Å². The number of nitrogens with zero attached hydrogens (tertiary/aromatic N) is 2. The van der Waals surface area contributed by atoms with Crippen LogP contribution in [0.2, 0.25) is 0 Å². The number of carbonyl (C=O) groups is 3. The second-order valence-electron chi connectivity index (χ2n) is 9.83. The summed E-state index contributed by atoms with van der Waals surface area (Å²) in [6.07, 6.45) is 2.61. The molecule has 1 saturated heterocycles. The fourth-order valence-corrected chi connectivity index (χ4v) is 5.92. The summed E-state index contributed by atoms with van der Waals surface area (Å²) in [6, 6.07) is 11.7. The maximum atomic E-state index is 13.6. The normalized spacial score (nSPS) is 18.2. The average Bonchev–Trinajstić information content (AvgIpc) is 3.45. The Balaban J connectivity index is 1.29. The standard InChI is InChI=1S/C28H29FN4O3S/c1-16-15-37-28(30-16)32-26(35)25(34)20-5-8-23-22(14-20)24(17(2)31-23)27(36)33-11-9-19(10-12-33)13-18-3-6-21(29)7-4-18/h3-8,14,16,19,31H,9-13,15H2,1-2H3,(H,30,32,35). The highest BCUT2D eigenvalue weighted by molar-refractivity contribution is 8.14. The monoisotopic (exact) mass is 520 g/mol. The maximum absolute atomic E-state index is 13.6. The van der Waals surface area contributed by atoms with E-state index >= 15 is 0 Å². The molecule has 0 radical (unpaired) electrons. The van der Waals surface area contributed by atoms with E-state index < -0.39 is 11.7 Å². The van der Waals surface area contributed by atoms with E-state index in [4.69, 9.17) is 0 Å². The van der Waals surface area contributed by atoms with Crippen molar-refractivity contribution < 1.29 is 18.8 Å². The number of nitrogens with one attached hydrogen (secondary N) is 2. The molecule has 37 heavy (non-hydrogen) atoms. The highest BCUT2D eigenvalue weighted by Gasteiger charge is 2.28. The van der Waals surface area contributed by atoms with Gasteiger partial charge in [0.25, 0.3) is 17.6 Å². The van der Waals surface area contributed by atoms with Crippen LogP contribution in [0, 0.1) is 18.7 Å². The summed E-state index contributed by atoms with van der Waals surface area (Å²) >= 11 is 1.42. The number of aryl methyl sites for hydroxylation is 1.